The highest BCUT2D eigenvalue weighted by molar-refractivity contribution is 5.58. The van der Waals surface area contributed by atoms with Gasteiger partial charge in [-0.2, -0.15) is 0 Å². The van der Waals surface area contributed by atoms with Crippen molar-refractivity contribution in [3.05, 3.63) is 22.3 Å². The molecule has 0 bridgehead atoms. The second kappa shape index (κ2) is 11.6. The minimum absolute atomic E-state index is 0.359. The van der Waals surface area contributed by atoms with Crippen molar-refractivity contribution in [2.24, 2.45) is 0 Å². The molecule has 1 N–H and O–H groups in total. The molecule has 0 aromatic heterocycles. The van der Waals surface area contributed by atoms with Crippen LogP contribution in [0.1, 0.15) is 113 Å². The quantitative estimate of drug-likeness (QED) is 0.380. The molecule has 0 spiro atoms. The molecule has 0 amide bonds. The van der Waals surface area contributed by atoms with Crippen LogP contribution in [0.25, 0.3) is 0 Å². The first kappa shape index (κ1) is 22.1. The van der Waals surface area contributed by atoms with Crippen LogP contribution in [0.15, 0.2) is 0 Å². The topological polar surface area (TPSA) is 29.5 Å². The highest BCUT2D eigenvalue weighted by Gasteiger charge is 2.25. The van der Waals surface area contributed by atoms with Crippen molar-refractivity contribution in [1.82, 2.24) is 0 Å². The van der Waals surface area contributed by atoms with E-state index < -0.39 is 0 Å². The van der Waals surface area contributed by atoms with Crippen molar-refractivity contribution in [3.63, 3.8) is 0 Å². The summed E-state index contributed by atoms with van der Waals surface area (Å²) in [5.41, 5.74) is 4.34. The molecule has 0 saturated heterocycles. The number of ether oxygens (including phenoxy) is 1. The van der Waals surface area contributed by atoms with Gasteiger partial charge >= 0.3 is 0 Å². The first-order chi connectivity index (χ1) is 13.1. The molecule has 1 aliphatic heterocycles. The van der Waals surface area contributed by atoms with E-state index in [4.69, 9.17) is 4.74 Å². The van der Waals surface area contributed by atoms with Gasteiger partial charge in [-0.3, -0.25) is 0 Å². The van der Waals surface area contributed by atoms with Gasteiger partial charge in [0.15, 0.2) is 0 Å². The molecular formula is C25H42O2. The highest BCUT2D eigenvalue weighted by Crippen LogP contribution is 2.41. The third-order valence-corrected chi connectivity index (χ3v) is 6.47. The molecule has 2 nitrogen and oxygen atoms in total. The predicted molar refractivity (Wildman–Crippen MR) is 116 cm³/mol. The maximum absolute atomic E-state index is 10.3. The number of phenols is 1. The number of benzene rings is 1. The van der Waals surface area contributed by atoms with Crippen LogP contribution in [-0.4, -0.2) is 11.2 Å². The third-order valence-electron chi connectivity index (χ3n) is 6.47. The van der Waals surface area contributed by atoms with Crippen molar-refractivity contribution in [2.75, 3.05) is 0 Å². The van der Waals surface area contributed by atoms with Gasteiger partial charge < -0.3 is 9.84 Å². The van der Waals surface area contributed by atoms with Gasteiger partial charge in [0.05, 0.1) is 6.10 Å². The molecule has 27 heavy (non-hydrogen) atoms. The monoisotopic (exact) mass is 374 g/mol. The largest absolute Gasteiger partial charge is 0.507 e. The zero-order valence-electron chi connectivity index (χ0n) is 18.3. The average Bonchev–Trinajstić information content (AvgIpc) is 2.68. The Hall–Kier alpha value is -1.18. The van der Waals surface area contributed by atoms with Gasteiger partial charge in [-0.25, -0.2) is 0 Å². The number of hydrogen-bond donors (Lipinski definition) is 1. The van der Waals surface area contributed by atoms with E-state index in [0.29, 0.717) is 11.9 Å². The summed E-state index contributed by atoms with van der Waals surface area (Å²) >= 11 is 0. The van der Waals surface area contributed by atoms with Gasteiger partial charge in [-0.05, 0) is 63.1 Å². The van der Waals surface area contributed by atoms with E-state index in [1.807, 2.05) is 13.8 Å². The Kier molecular flexibility index (Phi) is 9.51. The van der Waals surface area contributed by atoms with Crippen molar-refractivity contribution in [2.45, 2.75) is 124 Å². The maximum atomic E-state index is 10.3. The number of hydrogen-bond acceptors (Lipinski definition) is 2. The van der Waals surface area contributed by atoms with E-state index in [2.05, 4.69) is 13.8 Å². The zero-order chi connectivity index (χ0) is 19.6. The number of phenolic OH excluding ortho intramolecular Hbond substituents is 1. The first-order valence-electron chi connectivity index (χ1n) is 11.5. The predicted octanol–water partition coefficient (Wildman–Crippen LogP) is 7.71. The molecule has 2 rings (SSSR count). The van der Waals surface area contributed by atoms with Crippen LogP contribution in [0.4, 0.5) is 0 Å². The summed E-state index contributed by atoms with van der Waals surface area (Å²) in [6.45, 7) is 8.38. The van der Waals surface area contributed by atoms with Gasteiger partial charge in [0, 0.05) is 5.56 Å². The molecule has 0 radical (unpaired) electrons. The summed E-state index contributed by atoms with van der Waals surface area (Å²) in [6, 6.07) is 0. The zero-order valence-corrected chi connectivity index (χ0v) is 18.3. The molecule has 0 saturated carbocycles. The Morgan fingerprint density at radius 1 is 0.778 bits per heavy atom. The summed E-state index contributed by atoms with van der Waals surface area (Å²) in [5.74, 6) is 1.51. The molecule has 1 aromatic carbocycles. The average molecular weight is 375 g/mol. The summed E-state index contributed by atoms with van der Waals surface area (Å²) < 4.78 is 6.36. The summed E-state index contributed by atoms with van der Waals surface area (Å²) in [5, 5.41) is 10.3. The Morgan fingerprint density at radius 2 is 1.33 bits per heavy atom. The van der Waals surface area contributed by atoms with Crippen LogP contribution in [0.5, 0.6) is 11.5 Å². The van der Waals surface area contributed by atoms with Crippen molar-refractivity contribution in [3.8, 4) is 11.5 Å². The summed E-state index contributed by atoms with van der Waals surface area (Å²) in [4.78, 5) is 0. The maximum Gasteiger partial charge on any atom is 0.126 e. The van der Waals surface area contributed by atoms with E-state index in [-0.39, 0.29) is 0 Å². The van der Waals surface area contributed by atoms with Crippen molar-refractivity contribution in [1.29, 1.82) is 0 Å². The van der Waals surface area contributed by atoms with E-state index >= 15 is 0 Å². The van der Waals surface area contributed by atoms with Crippen LogP contribution < -0.4 is 4.74 Å². The van der Waals surface area contributed by atoms with E-state index in [1.54, 1.807) is 0 Å². The van der Waals surface area contributed by atoms with Gasteiger partial charge in [-0.15, -0.1) is 0 Å². The fraction of sp³-hybridized carbons (Fsp3) is 0.760. The molecule has 1 heterocycles. The SMILES string of the molecule is CCCCCCCCCCCCCC1CCc2c(C)c(O)c(C)c(C)c2O1. The number of aromatic hydroxyl groups is 1. The molecule has 154 valence electrons. The van der Waals surface area contributed by atoms with E-state index in [9.17, 15) is 5.11 Å². The van der Waals surface area contributed by atoms with Crippen LogP contribution in [-0.2, 0) is 6.42 Å². The molecular weight excluding hydrogens is 332 g/mol. The summed E-state index contributed by atoms with van der Waals surface area (Å²) in [7, 11) is 0. The minimum atomic E-state index is 0.359. The molecule has 1 aromatic rings. The van der Waals surface area contributed by atoms with Gasteiger partial charge in [0.25, 0.3) is 0 Å². The Morgan fingerprint density at radius 3 is 1.93 bits per heavy atom. The Balaban J connectivity index is 1.61. The van der Waals surface area contributed by atoms with Crippen LogP contribution >= 0.6 is 0 Å². The third kappa shape index (κ3) is 6.43. The Bertz CT molecular complexity index is 576. The lowest BCUT2D eigenvalue weighted by Crippen LogP contribution is -2.24. The molecule has 1 aliphatic rings. The van der Waals surface area contributed by atoms with Gasteiger partial charge in [0.2, 0.25) is 0 Å². The second-order valence-electron chi connectivity index (χ2n) is 8.63. The van der Waals surface area contributed by atoms with E-state index in [0.717, 1.165) is 35.3 Å². The number of unbranched alkanes of at least 4 members (excludes halogenated alkanes) is 10. The summed E-state index contributed by atoms with van der Waals surface area (Å²) in [6.07, 6.45) is 19.0. The lowest BCUT2D eigenvalue weighted by atomic mass is 9.90. The van der Waals surface area contributed by atoms with Gasteiger partial charge in [-0.1, -0.05) is 71.1 Å². The standard InChI is InChI=1S/C25H42O2/c1-5-6-7-8-9-10-11-12-13-14-15-16-22-17-18-23-21(4)24(26)19(2)20(3)25(23)27-22/h22,26H,5-18H2,1-4H3. The first-order valence-corrected chi connectivity index (χ1v) is 11.5. The smallest absolute Gasteiger partial charge is 0.126 e. The lowest BCUT2D eigenvalue weighted by molar-refractivity contribution is 0.158. The van der Waals surface area contributed by atoms with Crippen LogP contribution in [0, 0.1) is 20.8 Å². The molecule has 1 atom stereocenters. The molecule has 2 heteroatoms. The van der Waals surface area contributed by atoms with Crippen LogP contribution in [0.3, 0.4) is 0 Å². The second-order valence-corrected chi connectivity index (χ2v) is 8.63. The lowest BCUT2D eigenvalue weighted by Gasteiger charge is -2.30. The number of fused-ring (bicyclic) bond motifs is 1. The van der Waals surface area contributed by atoms with Crippen molar-refractivity contribution < 1.29 is 9.84 Å². The number of rotatable bonds is 12. The normalized spacial score (nSPS) is 16.2. The highest BCUT2D eigenvalue weighted by atomic mass is 16.5. The van der Waals surface area contributed by atoms with Crippen molar-refractivity contribution >= 4 is 0 Å². The van der Waals surface area contributed by atoms with E-state index in [1.165, 1.54) is 82.6 Å². The molecule has 0 aliphatic carbocycles. The fourth-order valence-electron chi connectivity index (χ4n) is 4.40. The molecule has 1 unspecified atom stereocenters. The van der Waals surface area contributed by atoms with Gasteiger partial charge in [0.1, 0.15) is 11.5 Å². The minimum Gasteiger partial charge on any atom is -0.507 e. The van der Waals surface area contributed by atoms with Crippen LogP contribution in [0.2, 0.25) is 0 Å². The Labute approximate surface area is 167 Å². The fourth-order valence-corrected chi connectivity index (χ4v) is 4.40. The molecule has 0 fully saturated rings.